The topological polar surface area (TPSA) is 64.3 Å². The first-order chi connectivity index (χ1) is 7.02. The molecule has 5 heteroatoms. The van der Waals surface area contributed by atoms with Gasteiger partial charge >= 0.3 is 5.97 Å². The van der Waals surface area contributed by atoms with Gasteiger partial charge in [0.15, 0.2) is 0 Å². The molecule has 0 aromatic carbocycles. The third-order valence-corrected chi connectivity index (χ3v) is 2.04. The first-order valence-electron chi connectivity index (χ1n) is 4.89. The second-order valence-electron chi connectivity index (χ2n) is 3.57. The summed E-state index contributed by atoms with van der Waals surface area (Å²) in [6, 6.07) is 0. The van der Waals surface area contributed by atoms with E-state index in [0.717, 1.165) is 0 Å². The molecule has 0 aliphatic carbocycles. The van der Waals surface area contributed by atoms with Crippen molar-refractivity contribution in [3.8, 4) is 0 Å². The Kier molecular flexibility index (Phi) is 3.85. The molecule has 1 aromatic heterocycles. The summed E-state index contributed by atoms with van der Waals surface area (Å²) in [4.78, 5) is 14.8. The van der Waals surface area contributed by atoms with Crippen molar-refractivity contribution in [2.45, 2.75) is 33.4 Å². The smallest absolute Gasteiger partial charge is 0.354 e. The van der Waals surface area contributed by atoms with Crippen LogP contribution in [0.1, 0.15) is 30.2 Å². The van der Waals surface area contributed by atoms with Crippen LogP contribution in [0.5, 0.6) is 0 Å². The minimum absolute atomic E-state index is 0.155. The fourth-order valence-corrected chi connectivity index (χ4v) is 1.30. The standard InChI is InChI=1S/C10H16N2O3/c1-7(2)15-5-4-12-8(3)11-6-9(12)10(13)14/h6-7H,4-5H2,1-3H3,(H,13,14). The van der Waals surface area contributed by atoms with Crippen molar-refractivity contribution in [3.05, 3.63) is 17.7 Å². The van der Waals surface area contributed by atoms with E-state index in [1.165, 1.54) is 6.20 Å². The van der Waals surface area contributed by atoms with Crippen LogP contribution in [0.25, 0.3) is 0 Å². The van der Waals surface area contributed by atoms with Crippen molar-refractivity contribution >= 4 is 5.97 Å². The minimum atomic E-state index is -0.958. The van der Waals surface area contributed by atoms with Crippen LogP contribution >= 0.6 is 0 Å². The Balaban J connectivity index is 2.66. The zero-order valence-electron chi connectivity index (χ0n) is 9.23. The number of carboxylic acids is 1. The van der Waals surface area contributed by atoms with E-state index < -0.39 is 5.97 Å². The largest absolute Gasteiger partial charge is 0.477 e. The summed E-state index contributed by atoms with van der Waals surface area (Å²) < 4.78 is 7.01. The van der Waals surface area contributed by atoms with E-state index in [9.17, 15) is 4.79 Å². The number of aromatic carboxylic acids is 1. The van der Waals surface area contributed by atoms with E-state index in [4.69, 9.17) is 9.84 Å². The van der Waals surface area contributed by atoms with Gasteiger partial charge in [-0.15, -0.1) is 0 Å². The number of carbonyl (C=O) groups is 1. The highest BCUT2D eigenvalue weighted by molar-refractivity contribution is 5.85. The highest BCUT2D eigenvalue weighted by atomic mass is 16.5. The van der Waals surface area contributed by atoms with Crippen molar-refractivity contribution in [1.82, 2.24) is 9.55 Å². The second kappa shape index (κ2) is 4.93. The molecule has 0 saturated heterocycles. The summed E-state index contributed by atoms with van der Waals surface area (Å²) in [5, 5.41) is 8.89. The van der Waals surface area contributed by atoms with Crippen molar-refractivity contribution < 1.29 is 14.6 Å². The van der Waals surface area contributed by atoms with Crippen LogP contribution in [0.3, 0.4) is 0 Å². The summed E-state index contributed by atoms with van der Waals surface area (Å²) in [6.07, 6.45) is 1.52. The van der Waals surface area contributed by atoms with Gasteiger partial charge in [0.25, 0.3) is 0 Å². The molecule has 0 fully saturated rings. The molecule has 0 atom stereocenters. The van der Waals surface area contributed by atoms with Crippen molar-refractivity contribution in [3.63, 3.8) is 0 Å². The Morgan fingerprint density at radius 1 is 1.67 bits per heavy atom. The first kappa shape index (κ1) is 11.7. The maximum atomic E-state index is 10.8. The summed E-state index contributed by atoms with van der Waals surface area (Å²) in [7, 11) is 0. The Bertz CT molecular complexity index is 344. The van der Waals surface area contributed by atoms with E-state index in [1.807, 2.05) is 13.8 Å². The highest BCUT2D eigenvalue weighted by Crippen LogP contribution is 2.05. The third-order valence-electron chi connectivity index (χ3n) is 2.04. The van der Waals surface area contributed by atoms with E-state index in [-0.39, 0.29) is 11.8 Å². The van der Waals surface area contributed by atoms with E-state index in [1.54, 1.807) is 11.5 Å². The lowest BCUT2D eigenvalue weighted by Crippen LogP contribution is -2.15. The molecule has 84 valence electrons. The van der Waals surface area contributed by atoms with Gasteiger partial charge in [0.1, 0.15) is 11.5 Å². The number of hydrogen-bond acceptors (Lipinski definition) is 3. The molecular formula is C10H16N2O3. The predicted molar refractivity (Wildman–Crippen MR) is 55.0 cm³/mol. The van der Waals surface area contributed by atoms with Crippen molar-refractivity contribution in [1.29, 1.82) is 0 Å². The molecule has 1 aromatic rings. The fraction of sp³-hybridized carbons (Fsp3) is 0.600. The van der Waals surface area contributed by atoms with Gasteiger partial charge in [-0.25, -0.2) is 9.78 Å². The molecule has 0 unspecified atom stereocenters. The molecule has 0 aliphatic heterocycles. The molecule has 0 aliphatic rings. The normalized spacial score (nSPS) is 10.9. The van der Waals surface area contributed by atoms with Crippen LogP contribution in [0.4, 0.5) is 0 Å². The third kappa shape index (κ3) is 3.06. The van der Waals surface area contributed by atoms with Gasteiger partial charge < -0.3 is 14.4 Å². The van der Waals surface area contributed by atoms with Crippen LogP contribution in [-0.2, 0) is 11.3 Å². The van der Waals surface area contributed by atoms with Gasteiger partial charge in [0, 0.05) is 6.54 Å². The van der Waals surface area contributed by atoms with E-state index in [0.29, 0.717) is 19.0 Å². The molecule has 1 N–H and O–H groups in total. The summed E-state index contributed by atoms with van der Waals surface area (Å²) in [5.41, 5.74) is 0.208. The van der Waals surface area contributed by atoms with Crippen LogP contribution < -0.4 is 0 Å². The van der Waals surface area contributed by atoms with Crippen LogP contribution in [-0.4, -0.2) is 33.3 Å². The Morgan fingerprint density at radius 2 is 2.33 bits per heavy atom. The SMILES string of the molecule is Cc1ncc(C(=O)O)n1CCOC(C)C. The molecule has 15 heavy (non-hydrogen) atoms. The summed E-state index contributed by atoms with van der Waals surface area (Å²) in [6.45, 7) is 6.68. The van der Waals surface area contributed by atoms with E-state index in [2.05, 4.69) is 4.98 Å². The second-order valence-corrected chi connectivity index (χ2v) is 3.57. The van der Waals surface area contributed by atoms with Crippen molar-refractivity contribution in [2.75, 3.05) is 6.61 Å². The van der Waals surface area contributed by atoms with Crippen LogP contribution in [0.2, 0.25) is 0 Å². The number of aromatic nitrogens is 2. The molecular weight excluding hydrogens is 196 g/mol. The maximum absolute atomic E-state index is 10.8. The molecule has 0 radical (unpaired) electrons. The number of hydrogen-bond donors (Lipinski definition) is 1. The van der Waals surface area contributed by atoms with Crippen LogP contribution in [0.15, 0.2) is 6.20 Å². The molecule has 0 saturated carbocycles. The maximum Gasteiger partial charge on any atom is 0.354 e. The average Bonchev–Trinajstić information content (AvgIpc) is 2.47. The molecule has 0 amide bonds. The number of aryl methyl sites for hydroxylation is 1. The molecule has 1 heterocycles. The summed E-state index contributed by atoms with van der Waals surface area (Å²) >= 11 is 0. The monoisotopic (exact) mass is 212 g/mol. The predicted octanol–water partition coefficient (Wildman–Crippen LogP) is 1.31. The lowest BCUT2D eigenvalue weighted by molar-refractivity contribution is 0.0648. The van der Waals surface area contributed by atoms with Gasteiger partial charge in [0.05, 0.1) is 18.9 Å². The Hall–Kier alpha value is -1.36. The van der Waals surface area contributed by atoms with Crippen LogP contribution in [0, 0.1) is 6.92 Å². The van der Waals surface area contributed by atoms with E-state index >= 15 is 0 Å². The van der Waals surface area contributed by atoms with Gasteiger partial charge in [-0.3, -0.25) is 0 Å². The minimum Gasteiger partial charge on any atom is -0.477 e. The summed E-state index contributed by atoms with van der Waals surface area (Å²) in [5.74, 6) is -0.264. The first-order valence-corrected chi connectivity index (χ1v) is 4.89. The quantitative estimate of drug-likeness (QED) is 0.799. The lowest BCUT2D eigenvalue weighted by atomic mass is 10.4. The van der Waals surface area contributed by atoms with Gasteiger partial charge in [-0.1, -0.05) is 0 Å². The number of nitrogens with zero attached hydrogens (tertiary/aromatic N) is 2. The molecule has 0 spiro atoms. The zero-order valence-corrected chi connectivity index (χ0v) is 9.23. The molecule has 0 bridgehead atoms. The zero-order chi connectivity index (χ0) is 11.4. The Morgan fingerprint density at radius 3 is 2.87 bits per heavy atom. The van der Waals surface area contributed by atoms with Crippen molar-refractivity contribution in [2.24, 2.45) is 0 Å². The lowest BCUT2D eigenvalue weighted by Gasteiger charge is -2.10. The Labute approximate surface area is 88.7 Å². The highest BCUT2D eigenvalue weighted by Gasteiger charge is 2.12. The molecule has 5 nitrogen and oxygen atoms in total. The number of carboxylic acid groups (broad SMARTS) is 1. The van der Waals surface area contributed by atoms with Gasteiger partial charge in [-0.2, -0.15) is 0 Å². The fourth-order valence-electron chi connectivity index (χ4n) is 1.30. The average molecular weight is 212 g/mol. The number of imidazole rings is 1. The number of ether oxygens (including phenoxy) is 1. The van der Waals surface area contributed by atoms with Gasteiger partial charge in [-0.05, 0) is 20.8 Å². The van der Waals surface area contributed by atoms with Gasteiger partial charge in [0.2, 0.25) is 0 Å². The number of rotatable bonds is 5. The molecule has 1 rings (SSSR count).